The van der Waals surface area contributed by atoms with Gasteiger partial charge in [-0.15, -0.1) is 0 Å². The minimum atomic E-state index is 1.08. The molecule has 1 N–H and O–H groups in total. The molecule has 0 amide bonds. The van der Waals surface area contributed by atoms with Crippen molar-refractivity contribution in [1.82, 2.24) is 0 Å². The molecule has 0 fully saturated rings. The lowest BCUT2D eigenvalue weighted by Gasteiger charge is -2.07. The fourth-order valence-electron chi connectivity index (χ4n) is 1.73. The van der Waals surface area contributed by atoms with Gasteiger partial charge in [-0.1, -0.05) is 51.2 Å². The molecule has 0 aliphatic heterocycles. The van der Waals surface area contributed by atoms with Crippen LogP contribution in [-0.2, 0) is 0 Å². The molecule has 0 radical (unpaired) electrons. The van der Waals surface area contributed by atoms with E-state index in [1.807, 2.05) is 6.07 Å². The zero-order chi connectivity index (χ0) is 11.6. The highest BCUT2D eigenvalue weighted by Gasteiger charge is 1.96. The summed E-state index contributed by atoms with van der Waals surface area (Å²) in [6.45, 7) is 3.34. The molecule has 0 saturated heterocycles. The second-order valence-corrected chi connectivity index (χ2v) is 5.03. The molecule has 0 aliphatic carbocycles. The van der Waals surface area contributed by atoms with Gasteiger partial charge in [0.2, 0.25) is 0 Å². The molecular formula is C14H22BrN. The first-order valence-electron chi connectivity index (χ1n) is 6.33. The van der Waals surface area contributed by atoms with E-state index in [1.165, 1.54) is 44.2 Å². The van der Waals surface area contributed by atoms with Gasteiger partial charge in [-0.05, 0) is 34.5 Å². The lowest BCUT2D eigenvalue weighted by Crippen LogP contribution is -2.01. The number of unbranched alkanes of at least 4 members (excludes halogenated alkanes) is 5. The van der Waals surface area contributed by atoms with Gasteiger partial charge in [0.1, 0.15) is 0 Å². The van der Waals surface area contributed by atoms with E-state index in [9.17, 15) is 0 Å². The van der Waals surface area contributed by atoms with Gasteiger partial charge in [0, 0.05) is 16.7 Å². The van der Waals surface area contributed by atoms with E-state index in [1.54, 1.807) is 0 Å². The first-order valence-corrected chi connectivity index (χ1v) is 7.12. The second kappa shape index (κ2) is 8.63. The van der Waals surface area contributed by atoms with Crippen LogP contribution in [0.3, 0.4) is 0 Å². The van der Waals surface area contributed by atoms with Crippen molar-refractivity contribution in [2.45, 2.75) is 45.4 Å². The average Bonchev–Trinajstić information content (AvgIpc) is 2.30. The third-order valence-corrected chi connectivity index (χ3v) is 3.41. The highest BCUT2D eigenvalue weighted by molar-refractivity contribution is 9.10. The van der Waals surface area contributed by atoms with Crippen LogP contribution in [0.15, 0.2) is 28.7 Å². The summed E-state index contributed by atoms with van der Waals surface area (Å²) in [5.74, 6) is 0. The Kier molecular flexibility index (Phi) is 7.32. The van der Waals surface area contributed by atoms with Crippen molar-refractivity contribution >= 4 is 21.6 Å². The van der Waals surface area contributed by atoms with Crippen LogP contribution in [0.25, 0.3) is 0 Å². The first-order chi connectivity index (χ1) is 7.84. The molecule has 16 heavy (non-hydrogen) atoms. The molecule has 0 saturated carbocycles. The van der Waals surface area contributed by atoms with Crippen LogP contribution in [0.5, 0.6) is 0 Å². The number of benzene rings is 1. The Balaban J connectivity index is 2.05. The van der Waals surface area contributed by atoms with E-state index in [0.29, 0.717) is 0 Å². The number of hydrogen-bond donors (Lipinski definition) is 1. The molecular weight excluding hydrogens is 262 g/mol. The maximum absolute atomic E-state index is 3.54. The fourth-order valence-corrected chi connectivity index (χ4v) is 2.16. The summed E-state index contributed by atoms with van der Waals surface area (Å²) in [6.07, 6.45) is 8.10. The Bertz CT molecular complexity index is 286. The Morgan fingerprint density at radius 1 is 1.00 bits per heavy atom. The molecule has 90 valence electrons. The van der Waals surface area contributed by atoms with E-state index in [4.69, 9.17) is 0 Å². The third-order valence-electron chi connectivity index (χ3n) is 2.72. The molecule has 0 aromatic heterocycles. The van der Waals surface area contributed by atoms with E-state index >= 15 is 0 Å². The first kappa shape index (κ1) is 13.6. The zero-order valence-electron chi connectivity index (χ0n) is 10.1. The van der Waals surface area contributed by atoms with Gasteiger partial charge in [-0.2, -0.15) is 0 Å². The minimum absolute atomic E-state index is 1.08. The standard InChI is InChI=1S/C14H22BrN/c1-2-3-4-5-6-9-12-16-14-11-8-7-10-13(14)15/h7-8,10-11,16H,2-6,9,12H2,1H3. The SMILES string of the molecule is CCCCCCCCNc1ccccc1Br. The van der Waals surface area contributed by atoms with E-state index in [0.717, 1.165) is 11.0 Å². The van der Waals surface area contributed by atoms with Crippen molar-refractivity contribution in [2.75, 3.05) is 11.9 Å². The van der Waals surface area contributed by atoms with Gasteiger partial charge in [0.05, 0.1) is 0 Å². The maximum Gasteiger partial charge on any atom is 0.0484 e. The fraction of sp³-hybridized carbons (Fsp3) is 0.571. The Morgan fingerprint density at radius 2 is 1.69 bits per heavy atom. The van der Waals surface area contributed by atoms with Gasteiger partial charge < -0.3 is 5.32 Å². The summed E-state index contributed by atoms with van der Waals surface area (Å²) in [5.41, 5.74) is 1.20. The molecule has 0 heterocycles. The lowest BCUT2D eigenvalue weighted by atomic mass is 10.1. The predicted molar refractivity (Wildman–Crippen MR) is 76.0 cm³/mol. The summed E-state index contributed by atoms with van der Waals surface area (Å²) in [6, 6.07) is 8.29. The molecule has 0 aliphatic rings. The van der Waals surface area contributed by atoms with Crippen molar-refractivity contribution in [2.24, 2.45) is 0 Å². The van der Waals surface area contributed by atoms with Crippen molar-refractivity contribution in [3.63, 3.8) is 0 Å². The van der Waals surface area contributed by atoms with Crippen LogP contribution in [-0.4, -0.2) is 6.54 Å². The van der Waals surface area contributed by atoms with Crippen LogP contribution in [0, 0.1) is 0 Å². The zero-order valence-corrected chi connectivity index (χ0v) is 11.7. The lowest BCUT2D eigenvalue weighted by molar-refractivity contribution is 0.617. The number of anilines is 1. The second-order valence-electron chi connectivity index (χ2n) is 4.17. The number of hydrogen-bond acceptors (Lipinski definition) is 1. The molecule has 1 aromatic carbocycles. The monoisotopic (exact) mass is 283 g/mol. The quantitative estimate of drug-likeness (QED) is 0.645. The highest BCUT2D eigenvalue weighted by atomic mass is 79.9. The van der Waals surface area contributed by atoms with E-state index in [2.05, 4.69) is 46.4 Å². The third kappa shape index (κ3) is 5.55. The molecule has 0 atom stereocenters. The molecule has 0 spiro atoms. The minimum Gasteiger partial charge on any atom is -0.384 e. The summed E-state index contributed by atoms with van der Waals surface area (Å²) in [7, 11) is 0. The molecule has 1 rings (SSSR count). The number of halogens is 1. The van der Waals surface area contributed by atoms with E-state index in [-0.39, 0.29) is 0 Å². The largest absolute Gasteiger partial charge is 0.384 e. The van der Waals surface area contributed by atoms with Crippen LogP contribution >= 0.6 is 15.9 Å². The Hall–Kier alpha value is -0.500. The van der Waals surface area contributed by atoms with Gasteiger partial charge >= 0.3 is 0 Å². The van der Waals surface area contributed by atoms with Gasteiger partial charge in [0.25, 0.3) is 0 Å². The molecule has 1 aromatic rings. The van der Waals surface area contributed by atoms with E-state index < -0.39 is 0 Å². The van der Waals surface area contributed by atoms with Gasteiger partial charge in [-0.3, -0.25) is 0 Å². The maximum atomic E-state index is 3.54. The molecule has 2 heteroatoms. The highest BCUT2D eigenvalue weighted by Crippen LogP contribution is 2.21. The topological polar surface area (TPSA) is 12.0 Å². The molecule has 1 nitrogen and oxygen atoms in total. The van der Waals surface area contributed by atoms with Crippen molar-refractivity contribution in [3.05, 3.63) is 28.7 Å². The van der Waals surface area contributed by atoms with Gasteiger partial charge in [0.15, 0.2) is 0 Å². The molecule has 0 bridgehead atoms. The van der Waals surface area contributed by atoms with Crippen molar-refractivity contribution in [1.29, 1.82) is 0 Å². The van der Waals surface area contributed by atoms with Crippen LogP contribution < -0.4 is 5.32 Å². The van der Waals surface area contributed by atoms with Crippen molar-refractivity contribution in [3.8, 4) is 0 Å². The smallest absolute Gasteiger partial charge is 0.0484 e. The normalized spacial score (nSPS) is 10.4. The number of rotatable bonds is 8. The average molecular weight is 284 g/mol. The summed E-state index contributed by atoms with van der Waals surface area (Å²) < 4.78 is 1.15. The summed E-state index contributed by atoms with van der Waals surface area (Å²) in [5, 5.41) is 3.46. The summed E-state index contributed by atoms with van der Waals surface area (Å²) >= 11 is 3.54. The number of para-hydroxylation sites is 1. The Morgan fingerprint density at radius 3 is 2.44 bits per heavy atom. The van der Waals surface area contributed by atoms with Crippen LogP contribution in [0.4, 0.5) is 5.69 Å². The van der Waals surface area contributed by atoms with Gasteiger partial charge in [-0.25, -0.2) is 0 Å². The van der Waals surface area contributed by atoms with Crippen LogP contribution in [0.1, 0.15) is 45.4 Å². The Labute approximate surface area is 108 Å². The summed E-state index contributed by atoms with van der Waals surface area (Å²) in [4.78, 5) is 0. The van der Waals surface area contributed by atoms with Crippen LogP contribution in [0.2, 0.25) is 0 Å². The van der Waals surface area contributed by atoms with Crippen molar-refractivity contribution < 1.29 is 0 Å². The predicted octanol–water partition coefficient (Wildman–Crippen LogP) is 5.22. The molecule has 0 unspecified atom stereocenters. The number of nitrogens with one attached hydrogen (secondary N) is 1.